The number of ketones is 2. The van der Waals surface area contributed by atoms with E-state index in [0.717, 1.165) is 0 Å². The van der Waals surface area contributed by atoms with Crippen molar-refractivity contribution in [3.05, 3.63) is 87.5 Å². The lowest BCUT2D eigenvalue weighted by Crippen LogP contribution is -2.60. The number of fused-ring (bicyclic) bond motifs is 6. The molecule has 0 spiro atoms. The van der Waals surface area contributed by atoms with Crippen LogP contribution in [0.3, 0.4) is 0 Å². The zero-order valence-electron chi connectivity index (χ0n) is 32.5. The fourth-order valence-corrected chi connectivity index (χ4v) is 8.41. The van der Waals surface area contributed by atoms with E-state index in [0.29, 0.717) is 23.1 Å². The first-order valence-electron chi connectivity index (χ1n) is 19.7. The Hall–Kier alpha value is -5.77. The van der Waals surface area contributed by atoms with Crippen LogP contribution in [0, 0.1) is 5.92 Å². The predicted octanol–water partition coefficient (Wildman–Crippen LogP) is -0.508. The Morgan fingerprint density at radius 1 is 0.934 bits per heavy atom. The third-order valence-corrected chi connectivity index (χ3v) is 11.4. The van der Waals surface area contributed by atoms with E-state index in [9.17, 15) is 49.8 Å². The number of hydrogen-bond donors (Lipinski definition) is 7. The molecule has 1 amide bonds. The highest BCUT2D eigenvalue weighted by atomic mass is 16.7. The van der Waals surface area contributed by atoms with Gasteiger partial charge in [0.1, 0.15) is 44.0 Å². The Morgan fingerprint density at radius 2 is 1.74 bits per heavy atom. The Labute approximate surface area is 347 Å². The summed E-state index contributed by atoms with van der Waals surface area (Å²) in [5.74, 6) is -4.34. The second kappa shape index (κ2) is 17.3. The number of aliphatic hydroxyl groups excluding tert-OH is 6. The van der Waals surface area contributed by atoms with Crippen LogP contribution in [-0.2, 0) is 25.7 Å². The minimum absolute atomic E-state index is 0.0170. The number of aliphatic hydroxyl groups is 6. The maximum atomic E-state index is 14.7. The fraction of sp³-hybridized carbons (Fsp3) is 0.405. The molecule has 1 fully saturated rings. The molecule has 8 rings (SSSR count). The lowest BCUT2D eigenvalue weighted by molar-refractivity contribution is -0.280. The van der Waals surface area contributed by atoms with Crippen LogP contribution >= 0.6 is 0 Å². The first-order chi connectivity index (χ1) is 29.4. The molecule has 3 aromatic carbocycles. The largest absolute Gasteiger partial charge is 0.486 e. The molecule has 5 aliphatic rings. The van der Waals surface area contributed by atoms with E-state index in [4.69, 9.17) is 24.7 Å². The van der Waals surface area contributed by atoms with Gasteiger partial charge < -0.3 is 65.0 Å². The van der Waals surface area contributed by atoms with Crippen LogP contribution in [0.15, 0.2) is 63.5 Å². The summed E-state index contributed by atoms with van der Waals surface area (Å²) in [4.78, 5) is 67.8. The van der Waals surface area contributed by atoms with Gasteiger partial charge in [0.25, 0.3) is 0 Å². The zero-order chi connectivity index (χ0) is 43.1. The number of amidine groups is 1. The maximum absolute atomic E-state index is 14.7. The van der Waals surface area contributed by atoms with Crippen molar-refractivity contribution < 1.29 is 68.8 Å². The predicted molar refractivity (Wildman–Crippen MR) is 213 cm³/mol. The van der Waals surface area contributed by atoms with Crippen molar-refractivity contribution in [2.24, 2.45) is 26.6 Å². The molecule has 4 heterocycles. The van der Waals surface area contributed by atoms with Gasteiger partial charge in [0.15, 0.2) is 34.6 Å². The normalized spacial score (nSPS) is 26.3. The van der Waals surface area contributed by atoms with Gasteiger partial charge >= 0.3 is 5.91 Å². The molecule has 1 aliphatic carbocycles. The summed E-state index contributed by atoms with van der Waals surface area (Å²) in [6.45, 7) is -1.70. The number of carbonyl (C=O) groups excluding carboxylic acids is 4. The molecule has 0 radical (unpaired) electrons. The highest BCUT2D eigenvalue weighted by molar-refractivity contribution is 6.72. The number of hydrogen-bond acceptors (Lipinski definition) is 18. The Balaban J connectivity index is 1.42. The van der Waals surface area contributed by atoms with E-state index in [2.05, 4.69) is 15.0 Å². The minimum atomic E-state index is -1.89. The number of amides is 1. The number of para-hydroxylation sites is 1. The van der Waals surface area contributed by atoms with Gasteiger partial charge in [-0.1, -0.05) is 24.3 Å². The number of aliphatic imine (C=N–C) groups is 3. The molecule has 1 saturated heterocycles. The number of nitrogens with two attached hydrogens (primary N) is 1. The van der Waals surface area contributed by atoms with Gasteiger partial charge in [0, 0.05) is 46.9 Å². The van der Waals surface area contributed by atoms with Crippen LogP contribution in [0.2, 0.25) is 0 Å². The third-order valence-electron chi connectivity index (χ3n) is 11.4. The number of rotatable bonds is 11. The van der Waals surface area contributed by atoms with E-state index in [-0.39, 0.29) is 103 Å². The summed E-state index contributed by atoms with van der Waals surface area (Å²) in [6.07, 6.45) is -9.08. The van der Waals surface area contributed by atoms with Gasteiger partial charge in [0.2, 0.25) is 12.2 Å². The second-order valence-electron chi connectivity index (χ2n) is 15.2. The van der Waals surface area contributed by atoms with Crippen LogP contribution < -0.4 is 20.1 Å². The summed E-state index contributed by atoms with van der Waals surface area (Å²) in [6, 6.07) is 12.8. The average Bonchev–Trinajstić information content (AvgIpc) is 3.67. The monoisotopic (exact) mass is 841 g/mol. The van der Waals surface area contributed by atoms with Gasteiger partial charge in [-0.2, -0.15) is 9.98 Å². The molecule has 2 bridgehead atoms. The van der Waals surface area contributed by atoms with Crippen LogP contribution in [0.5, 0.6) is 11.5 Å². The van der Waals surface area contributed by atoms with E-state index >= 15 is 0 Å². The van der Waals surface area contributed by atoms with Crippen LogP contribution in [-0.4, -0.2) is 142 Å². The van der Waals surface area contributed by atoms with Crippen LogP contribution in [0.4, 0.5) is 5.69 Å². The van der Waals surface area contributed by atoms with E-state index < -0.39 is 79.3 Å². The molecule has 320 valence electrons. The van der Waals surface area contributed by atoms with Crippen molar-refractivity contribution in [1.29, 1.82) is 0 Å². The number of ether oxygens (including phenoxy) is 4. The number of carbonyl (C=O) groups is 4. The molecule has 0 saturated carbocycles. The molecule has 19 heteroatoms. The van der Waals surface area contributed by atoms with Gasteiger partial charge in [0.05, 0.1) is 31.5 Å². The van der Waals surface area contributed by atoms with Gasteiger partial charge in [-0.3, -0.25) is 19.4 Å². The standard InChI is InChI=1S/C42H43N5O14/c43-42-45-39-31(40(57)46-42)44-18-47(39)27-6-2-1-5-23(27)29-20(4-3-10-48)15-58-17-28-34(54)35(55)36(56)41(60-28)61-37-26(29)13-25-30(38(37)59-16-21(51)9-11-49)33(53)24-12-19(14-50)7-8-22(24)32(25)52/h1-2,5-8,11-13,20-21,28-29,34-36,41,48,50-51,54-56H,3-4,9-10,14-18H2,(H2,43,46,57). The third kappa shape index (κ3) is 7.63. The van der Waals surface area contributed by atoms with Crippen molar-refractivity contribution >= 4 is 47.0 Å². The highest BCUT2D eigenvalue weighted by Gasteiger charge is 2.48. The quantitative estimate of drug-likeness (QED) is 0.0936. The van der Waals surface area contributed by atoms with Crippen molar-refractivity contribution in [2.45, 2.75) is 68.6 Å². The number of nitrogens with zero attached hydrogens (tertiary/aromatic N) is 4. The van der Waals surface area contributed by atoms with E-state index in [1.807, 2.05) is 0 Å². The minimum Gasteiger partial charge on any atom is -0.486 e. The van der Waals surface area contributed by atoms with Crippen molar-refractivity contribution in [2.75, 3.05) is 38.0 Å². The molecular formula is C42H43N5O14. The maximum Gasteiger partial charge on any atom is 0.302 e. The molecular weight excluding hydrogens is 798 g/mol. The van der Waals surface area contributed by atoms with Gasteiger partial charge in [-0.05, 0) is 54.2 Å². The lowest BCUT2D eigenvalue weighted by Gasteiger charge is -2.40. The topological polar surface area (TPSA) is 293 Å². The fourth-order valence-electron chi connectivity index (χ4n) is 8.41. The van der Waals surface area contributed by atoms with E-state index in [1.165, 1.54) is 24.3 Å². The molecule has 8 atom stereocenters. The number of aldehydes is 1. The van der Waals surface area contributed by atoms with Crippen molar-refractivity contribution in [3.8, 4) is 11.5 Å². The van der Waals surface area contributed by atoms with Crippen molar-refractivity contribution in [3.63, 3.8) is 0 Å². The van der Waals surface area contributed by atoms with Crippen LogP contribution in [0.1, 0.15) is 73.7 Å². The van der Waals surface area contributed by atoms with Gasteiger partial charge in [-0.15, -0.1) is 0 Å². The first-order valence-corrected chi connectivity index (χ1v) is 19.7. The number of benzene rings is 3. The van der Waals surface area contributed by atoms with Gasteiger partial charge in [-0.25, -0.2) is 0 Å². The van der Waals surface area contributed by atoms with E-state index in [1.54, 1.807) is 29.2 Å². The van der Waals surface area contributed by atoms with Crippen LogP contribution in [0.25, 0.3) is 0 Å². The Bertz CT molecular complexity index is 2370. The molecule has 8 N–H and O–H groups in total. The first kappa shape index (κ1) is 41.9. The summed E-state index contributed by atoms with van der Waals surface area (Å²) in [7, 11) is 0. The number of anilines is 1. The molecule has 8 unspecified atom stereocenters. The smallest absolute Gasteiger partial charge is 0.302 e. The Kier molecular flexibility index (Phi) is 11.9. The molecule has 4 aliphatic heterocycles. The van der Waals surface area contributed by atoms with Crippen molar-refractivity contribution in [1.82, 2.24) is 0 Å². The molecule has 0 aromatic heterocycles. The SMILES string of the molecule is NC1=NC(=O)C2=NCN(c3ccccc3C3c4cc5c(c(OCC(O)CC=O)c4OC4OC(COCC3CCCO)C(O)C(O)C4O)C(=O)c3cc(CO)ccc3C5=O)C2=N1. The summed E-state index contributed by atoms with van der Waals surface area (Å²) in [5.41, 5.74) is 6.97. The molecule has 3 aromatic rings. The summed E-state index contributed by atoms with van der Waals surface area (Å²) in [5, 5.41) is 64.3. The number of guanidine groups is 1. The lowest BCUT2D eigenvalue weighted by atomic mass is 9.74. The Morgan fingerprint density at radius 3 is 2.51 bits per heavy atom. The molecule has 19 nitrogen and oxygen atoms in total. The zero-order valence-corrected chi connectivity index (χ0v) is 32.5. The highest BCUT2D eigenvalue weighted by Crippen LogP contribution is 2.51. The summed E-state index contributed by atoms with van der Waals surface area (Å²) < 4.78 is 25.1. The second-order valence-corrected chi connectivity index (χ2v) is 15.2. The average molecular weight is 842 g/mol. The molecule has 61 heavy (non-hydrogen) atoms. The summed E-state index contributed by atoms with van der Waals surface area (Å²) >= 11 is 0.